The lowest BCUT2D eigenvalue weighted by Crippen LogP contribution is -2.47. The standard InChI is InChI=1S/C18H17ClF3N3O4/c19-13-5-14(8-23-7-13)28-10-15-9-25(3-4-27-15)17(26)12-1-2-16(24-6-12)29-11-18(20,21)22/h1-2,5-8,15H,3-4,9-11H2. The minimum Gasteiger partial charge on any atom is -0.489 e. The Morgan fingerprint density at radius 1 is 1.28 bits per heavy atom. The largest absolute Gasteiger partial charge is 0.489 e. The van der Waals surface area contributed by atoms with Gasteiger partial charge >= 0.3 is 6.18 Å². The summed E-state index contributed by atoms with van der Waals surface area (Å²) in [5.74, 6) is -0.0250. The molecule has 0 aliphatic carbocycles. The number of rotatable bonds is 6. The molecular weight excluding hydrogens is 415 g/mol. The molecular formula is C18H17ClF3N3O4. The van der Waals surface area contributed by atoms with Gasteiger partial charge in [-0.05, 0) is 6.07 Å². The molecule has 1 atom stereocenters. The Morgan fingerprint density at radius 3 is 2.79 bits per heavy atom. The Labute approximate surface area is 169 Å². The molecule has 0 N–H and O–H groups in total. The third-order valence-corrected chi connectivity index (χ3v) is 4.12. The van der Waals surface area contributed by atoms with Crippen molar-refractivity contribution in [3.8, 4) is 11.6 Å². The molecule has 7 nitrogen and oxygen atoms in total. The summed E-state index contributed by atoms with van der Waals surface area (Å²) in [6.45, 7) is -0.248. The van der Waals surface area contributed by atoms with Gasteiger partial charge in [0.2, 0.25) is 5.88 Å². The lowest BCUT2D eigenvalue weighted by molar-refractivity contribution is -0.154. The zero-order valence-electron chi connectivity index (χ0n) is 15.1. The molecule has 11 heteroatoms. The van der Waals surface area contributed by atoms with Crippen molar-refractivity contribution >= 4 is 17.5 Å². The number of aromatic nitrogens is 2. The number of hydrogen-bond acceptors (Lipinski definition) is 6. The van der Waals surface area contributed by atoms with Gasteiger partial charge in [0, 0.05) is 31.1 Å². The number of ether oxygens (including phenoxy) is 3. The number of halogens is 4. The fourth-order valence-electron chi connectivity index (χ4n) is 2.60. The highest BCUT2D eigenvalue weighted by Crippen LogP contribution is 2.19. The van der Waals surface area contributed by atoms with E-state index in [1.165, 1.54) is 30.7 Å². The summed E-state index contributed by atoms with van der Waals surface area (Å²) in [5.41, 5.74) is 0.241. The highest BCUT2D eigenvalue weighted by molar-refractivity contribution is 6.30. The van der Waals surface area contributed by atoms with Gasteiger partial charge in [-0.3, -0.25) is 9.78 Å². The Balaban J connectivity index is 1.53. The molecule has 3 heterocycles. The molecule has 156 valence electrons. The minimum absolute atomic E-state index is 0.203. The van der Waals surface area contributed by atoms with Crippen LogP contribution in [-0.2, 0) is 4.74 Å². The van der Waals surface area contributed by atoms with Crippen LogP contribution in [0.15, 0.2) is 36.8 Å². The van der Waals surface area contributed by atoms with Crippen molar-refractivity contribution in [1.82, 2.24) is 14.9 Å². The maximum Gasteiger partial charge on any atom is 0.422 e. The molecule has 0 saturated carbocycles. The van der Waals surface area contributed by atoms with E-state index in [1.54, 1.807) is 11.0 Å². The van der Waals surface area contributed by atoms with E-state index in [9.17, 15) is 18.0 Å². The van der Waals surface area contributed by atoms with Crippen molar-refractivity contribution < 1.29 is 32.2 Å². The van der Waals surface area contributed by atoms with E-state index in [2.05, 4.69) is 14.7 Å². The molecule has 1 aliphatic heterocycles. The third-order valence-electron chi connectivity index (χ3n) is 3.91. The monoisotopic (exact) mass is 431 g/mol. The average Bonchev–Trinajstić information content (AvgIpc) is 2.70. The Bertz CT molecular complexity index is 836. The quantitative estimate of drug-likeness (QED) is 0.700. The normalized spacial score (nSPS) is 17.1. The third kappa shape index (κ3) is 6.47. The van der Waals surface area contributed by atoms with Crippen molar-refractivity contribution in [2.45, 2.75) is 12.3 Å². The Morgan fingerprint density at radius 2 is 2.10 bits per heavy atom. The number of alkyl halides is 3. The van der Waals surface area contributed by atoms with Gasteiger partial charge in [0.15, 0.2) is 6.61 Å². The molecule has 0 bridgehead atoms. The topological polar surface area (TPSA) is 73.8 Å². The maximum atomic E-state index is 12.6. The fourth-order valence-corrected chi connectivity index (χ4v) is 2.76. The van der Waals surface area contributed by atoms with Crippen molar-refractivity contribution in [1.29, 1.82) is 0 Å². The van der Waals surface area contributed by atoms with Crippen LogP contribution >= 0.6 is 11.6 Å². The van der Waals surface area contributed by atoms with E-state index in [-0.39, 0.29) is 30.1 Å². The zero-order valence-corrected chi connectivity index (χ0v) is 15.8. The first-order valence-electron chi connectivity index (χ1n) is 8.60. The van der Waals surface area contributed by atoms with Gasteiger partial charge in [0.25, 0.3) is 5.91 Å². The summed E-state index contributed by atoms with van der Waals surface area (Å²) in [5, 5.41) is 0.444. The van der Waals surface area contributed by atoms with Gasteiger partial charge in [0.05, 0.1) is 29.9 Å². The van der Waals surface area contributed by atoms with Crippen molar-refractivity contribution in [2.75, 3.05) is 32.9 Å². The van der Waals surface area contributed by atoms with Crippen LogP contribution in [0.1, 0.15) is 10.4 Å². The first-order chi connectivity index (χ1) is 13.8. The summed E-state index contributed by atoms with van der Waals surface area (Å²) in [6.07, 6.45) is -0.617. The molecule has 0 spiro atoms. The van der Waals surface area contributed by atoms with Crippen LogP contribution < -0.4 is 9.47 Å². The van der Waals surface area contributed by atoms with Crippen molar-refractivity contribution in [3.05, 3.63) is 47.4 Å². The molecule has 1 saturated heterocycles. The van der Waals surface area contributed by atoms with Crippen LogP contribution in [-0.4, -0.2) is 66.0 Å². The summed E-state index contributed by atoms with van der Waals surface area (Å²) in [6, 6.07) is 4.22. The first kappa shape index (κ1) is 21.1. The van der Waals surface area contributed by atoms with Gasteiger partial charge < -0.3 is 19.1 Å². The summed E-state index contributed by atoms with van der Waals surface area (Å²) >= 11 is 5.85. The van der Waals surface area contributed by atoms with Gasteiger partial charge in [-0.1, -0.05) is 11.6 Å². The van der Waals surface area contributed by atoms with Crippen LogP contribution in [0.5, 0.6) is 11.6 Å². The average molecular weight is 432 g/mol. The zero-order chi connectivity index (χ0) is 20.9. The molecule has 2 aromatic rings. The molecule has 0 radical (unpaired) electrons. The summed E-state index contributed by atoms with van der Waals surface area (Å²) < 4.78 is 52.3. The number of nitrogens with zero attached hydrogens (tertiary/aromatic N) is 3. The number of amides is 1. The predicted molar refractivity (Wildman–Crippen MR) is 96.2 cm³/mol. The lowest BCUT2D eigenvalue weighted by atomic mass is 10.2. The molecule has 1 fully saturated rings. The molecule has 1 amide bonds. The molecule has 1 unspecified atom stereocenters. The van der Waals surface area contributed by atoms with Gasteiger partial charge in [0.1, 0.15) is 18.5 Å². The SMILES string of the molecule is O=C(c1ccc(OCC(F)(F)F)nc1)N1CCOC(COc2cncc(Cl)c2)C1. The first-order valence-corrected chi connectivity index (χ1v) is 8.98. The summed E-state index contributed by atoms with van der Waals surface area (Å²) in [7, 11) is 0. The predicted octanol–water partition coefficient (Wildman–Crippen LogP) is 2.99. The maximum absolute atomic E-state index is 12.6. The molecule has 29 heavy (non-hydrogen) atoms. The highest BCUT2D eigenvalue weighted by Gasteiger charge is 2.29. The molecule has 3 rings (SSSR count). The van der Waals surface area contributed by atoms with E-state index in [1.807, 2.05) is 0 Å². The number of carbonyl (C=O) groups excluding carboxylic acids is 1. The van der Waals surface area contributed by atoms with E-state index in [4.69, 9.17) is 21.1 Å². The second-order valence-electron chi connectivity index (χ2n) is 6.18. The van der Waals surface area contributed by atoms with Gasteiger partial charge in [-0.15, -0.1) is 0 Å². The minimum atomic E-state index is -4.46. The van der Waals surface area contributed by atoms with Crippen LogP contribution in [0.3, 0.4) is 0 Å². The van der Waals surface area contributed by atoms with Crippen LogP contribution in [0.4, 0.5) is 13.2 Å². The van der Waals surface area contributed by atoms with Crippen LogP contribution in [0.25, 0.3) is 0 Å². The summed E-state index contributed by atoms with van der Waals surface area (Å²) in [4.78, 5) is 21.9. The number of hydrogen-bond donors (Lipinski definition) is 0. The van der Waals surface area contributed by atoms with E-state index < -0.39 is 12.8 Å². The second kappa shape index (κ2) is 9.27. The Kier molecular flexibility index (Phi) is 6.75. The second-order valence-corrected chi connectivity index (χ2v) is 6.62. The van der Waals surface area contributed by atoms with E-state index in [0.29, 0.717) is 30.5 Å². The van der Waals surface area contributed by atoms with Crippen LogP contribution in [0, 0.1) is 0 Å². The number of carbonyl (C=O) groups is 1. The number of morpholine rings is 1. The van der Waals surface area contributed by atoms with E-state index >= 15 is 0 Å². The van der Waals surface area contributed by atoms with Gasteiger partial charge in [-0.2, -0.15) is 13.2 Å². The van der Waals surface area contributed by atoms with Gasteiger partial charge in [-0.25, -0.2) is 4.98 Å². The molecule has 1 aliphatic rings. The smallest absolute Gasteiger partial charge is 0.422 e. The molecule has 0 aromatic carbocycles. The lowest BCUT2D eigenvalue weighted by Gasteiger charge is -2.32. The van der Waals surface area contributed by atoms with E-state index in [0.717, 1.165) is 0 Å². The molecule has 2 aromatic heterocycles. The number of pyridine rings is 2. The van der Waals surface area contributed by atoms with Crippen LogP contribution in [0.2, 0.25) is 5.02 Å². The Hall–Kier alpha value is -2.59. The van der Waals surface area contributed by atoms with Crippen molar-refractivity contribution in [3.63, 3.8) is 0 Å². The highest BCUT2D eigenvalue weighted by atomic mass is 35.5. The fraction of sp³-hybridized carbons (Fsp3) is 0.389. The van der Waals surface area contributed by atoms with Crippen molar-refractivity contribution in [2.24, 2.45) is 0 Å².